The zero-order chi connectivity index (χ0) is 46.7. The summed E-state index contributed by atoms with van der Waals surface area (Å²) in [4.78, 5) is 31.8. The monoisotopic (exact) mass is 949 g/mol. The fraction of sp³-hybridized carbons (Fsp3) is 0.150. The molecule has 0 atom stereocenters. The Labute approximate surface area is 361 Å². The van der Waals surface area contributed by atoms with Crippen LogP contribution in [0.15, 0.2) is 100 Å². The van der Waals surface area contributed by atoms with Crippen LogP contribution in [0, 0.1) is 11.3 Å². The summed E-state index contributed by atoms with van der Waals surface area (Å²) in [6, 6.07) is 16.2. The third-order valence-corrected chi connectivity index (χ3v) is 9.71. The van der Waals surface area contributed by atoms with Gasteiger partial charge >= 0.3 is 36.4 Å². The van der Waals surface area contributed by atoms with Crippen molar-refractivity contribution in [1.82, 2.24) is 0 Å². The highest BCUT2D eigenvalue weighted by Crippen LogP contribution is 2.43. The SMILES string of the molecule is N#Cc1sccc1-c1cc(C(F)(F)F)ccc1OCC(=O)O.O=C(O)COc1ccc(C(F)(F)F)cc1-c1ccco1.O=C(O)COc1ccc(C(F)(F)F)cc1-c1ccsc1Cl. The molecule has 3 aromatic carbocycles. The maximum Gasteiger partial charge on any atom is 0.416 e. The van der Waals surface area contributed by atoms with Gasteiger partial charge in [-0.25, -0.2) is 14.4 Å². The van der Waals surface area contributed by atoms with Crippen LogP contribution in [0.2, 0.25) is 4.34 Å². The zero-order valence-corrected chi connectivity index (χ0v) is 33.5. The summed E-state index contributed by atoms with van der Waals surface area (Å²) in [6.07, 6.45) is -12.3. The van der Waals surface area contributed by atoms with Gasteiger partial charge < -0.3 is 33.9 Å². The van der Waals surface area contributed by atoms with E-state index in [1.807, 2.05) is 6.07 Å². The highest BCUT2D eigenvalue weighted by molar-refractivity contribution is 7.15. The van der Waals surface area contributed by atoms with Crippen LogP contribution < -0.4 is 14.2 Å². The first-order valence-electron chi connectivity index (χ1n) is 16.9. The van der Waals surface area contributed by atoms with Crippen molar-refractivity contribution >= 4 is 52.2 Å². The van der Waals surface area contributed by atoms with Crippen molar-refractivity contribution in [2.45, 2.75) is 18.5 Å². The van der Waals surface area contributed by atoms with Crippen LogP contribution in [0.3, 0.4) is 0 Å². The Hall–Kier alpha value is -6.70. The smallest absolute Gasteiger partial charge is 0.416 e. The van der Waals surface area contributed by atoms with Gasteiger partial charge in [0.05, 0.1) is 28.5 Å². The molecule has 332 valence electrons. The van der Waals surface area contributed by atoms with E-state index in [0.29, 0.717) is 9.90 Å². The molecule has 0 aliphatic rings. The molecule has 0 amide bonds. The van der Waals surface area contributed by atoms with Crippen molar-refractivity contribution in [1.29, 1.82) is 5.26 Å². The van der Waals surface area contributed by atoms with Gasteiger partial charge in [-0.1, -0.05) is 11.6 Å². The Kier molecular flexibility index (Phi) is 16.3. The Bertz CT molecular complexity index is 2580. The molecule has 6 aromatic rings. The molecule has 0 saturated heterocycles. The molecular formula is C40H25ClF9NO10S2. The summed E-state index contributed by atoms with van der Waals surface area (Å²) in [6.45, 7) is -2.00. The van der Waals surface area contributed by atoms with Crippen LogP contribution in [0.25, 0.3) is 33.6 Å². The molecule has 0 radical (unpaired) electrons. The summed E-state index contributed by atoms with van der Waals surface area (Å²) in [7, 11) is 0. The zero-order valence-electron chi connectivity index (χ0n) is 31.1. The van der Waals surface area contributed by atoms with Crippen LogP contribution >= 0.6 is 34.3 Å². The van der Waals surface area contributed by atoms with Gasteiger partial charge in [-0.3, -0.25) is 0 Å². The second kappa shape index (κ2) is 20.9. The lowest BCUT2D eigenvalue weighted by Crippen LogP contribution is -2.11. The fourth-order valence-electron chi connectivity index (χ4n) is 5.05. The molecular weight excluding hydrogens is 925 g/mol. The average molecular weight is 950 g/mol. The maximum absolute atomic E-state index is 12.8. The quantitative estimate of drug-likeness (QED) is 0.0995. The van der Waals surface area contributed by atoms with E-state index in [1.54, 1.807) is 16.8 Å². The minimum atomic E-state index is -4.55. The van der Waals surface area contributed by atoms with Gasteiger partial charge in [0.15, 0.2) is 19.8 Å². The second-order valence-electron chi connectivity index (χ2n) is 12.0. The van der Waals surface area contributed by atoms with Crippen molar-refractivity contribution in [3.8, 4) is 56.9 Å². The number of carbonyl (C=O) groups is 3. The predicted octanol–water partition coefficient (Wildman–Crippen LogP) is 11.7. The van der Waals surface area contributed by atoms with E-state index in [1.165, 1.54) is 24.5 Å². The molecule has 0 bridgehead atoms. The van der Waals surface area contributed by atoms with Crippen molar-refractivity contribution in [2.24, 2.45) is 0 Å². The van der Waals surface area contributed by atoms with Gasteiger partial charge in [-0.05, 0) is 89.6 Å². The number of nitrogens with zero attached hydrogens (tertiary/aromatic N) is 1. The number of thiophene rings is 2. The van der Waals surface area contributed by atoms with Crippen LogP contribution in [-0.4, -0.2) is 53.0 Å². The number of hydrogen-bond acceptors (Lipinski definition) is 10. The van der Waals surface area contributed by atoms with Crippen LogP contribution in [0.5, 0.6) is 17.2 Å². The van der Waals surface area contributed by atoms with E-state index in [-0.39, 0.29) is 50.1 Å². The molecule has 0 aliphatic heterocycles. The first kappa shape index (κ1) is 49.0. The molecule has 0 unspecified atom stereocenters. The highest BCUT2D eigenvalue weighted by atomic mass is 35.5. The maximum atomic E-state index is 12.8. The molecule has 3 aromatic heterocycles. The number of rotatable bonds is 12. The van der Waals surface area contributed by atoms with Crippen LogP contribution in [0.4, 0.5) is 39.5 Å². The standard InChI is InChI=1S/C14H8F3NO3S.C13H8ClF3O3S.C13H9F3O4/c15-14(16,17)8-1-2-11(21-7-13(19)20)10(5-8)9-3-4-22-12(9)6-18;14-12-8(3-4-21-12)9-5-7(13(15,16)17)1-2-10(9)20-6-11(18)19;14-13(15,16)8-3-4-11(20-7-12(17)18)9(6-8)10-2-1-5-19-10/h1-5H,7H2,(H,19,20);1-5H,6H2,(H,18,19);1-6H,7H2,(H,17,18). The molecule has 0 saturated carbocycles. The first-order chi connectivity index (χ1) is 29.5. The van der Waals surface area contributed by atoms with Crippen LogP contribution in [-0.2, 0) is 32.9 Å². The molecule has 0 fully saturated rings. The second-order valence-corrected chi connectivity index (χ2v) is 14.5. The number of furan rings is 1. The van der Waals surface area contributed by atoms with Crippen molar-refractivity contribution in [2.75, 3.05) is 19.8 Å². The number of alkyl halides is 9. The van der Waals surface area contributed by atoms with Crippen molar-refractivity contribution in [3.63, 3.8) is 0 Å². The predicted molar refractivity (Wildman–Crippen MR) is 208 cm³/mol. The first-order valence-corrected chi connectivity index (χ1v) is 19.1. The van der Waals surface area contributed by atoms with Crippen molar-refractivity contribution in [3.05, 3.63) is 122 Å². The molecule has 3 heterocycles. The number of nitriles is 1. The summed E-state index contributed by atoms with van der Waals surface area (Å²) >= 11 is 8.18. The lowest BCUT2D eigenvalue weighted by Gasteiger charge is -2.13. The average Bonchev–Trinajstić information content (AvgIpc) is 4.01. The van der Waals surface area contributed by atoms with E-state index in [9.17, 15) is 53.9 Å². The largest absolute Gasteiger partial charge is 0.481 e. The fourth-order valence-corrected chi connectivity index (χ4v) is 6.70. The van der Waals surface area contributed by atoms with Gasteiger partial charge in [0.1, 0.15) is 38.3 Å². The number of carboxylic acids is 3. The molecule has 3 N–H and O–H groups in total. The topological polar surface area (TPSA) is 177 Å². The molecule has 0 spiro atoms. The number of aliphatic carboxylic acids is 3. The Balaban J connectivity index is 0.000000208. The summed E-state index contributed by atoms with van der Waals surface area (Å²) < 4.78 is 135. The number of benzene rings is 3. The number of halogens is 10. The van der Waals surface area contributed by atoms with Crippen molar-refractivity contribution < 1.29 is 87.8 Å². The van der Waals surface area contributed by atoms with E-state index < -0.39 is 72.9 Å². The van der Waals surface area contributed by atoms with Crippen LogP contribution in [0.1, 0.15) is 21.6 Å². The molecule has 6 rings (SSSR count). The van der Waals surface area contributed by atoms with E-state index in [0.717, 1.165) is 77.3 Å². The summed E-state index contributed by atoms with van der Waals surface area (Å²) in [5.74, 6) is -3.52. The molecule has 0 aliphatic carbocycles. The molecule has 11 nitrogen and oxygen atoms in total. The van der Waals surface area contributed by atoms with E-state index >= 15 is 0 Å². The minimum absolute atomic E-state index is 0.00958. The number of ether oxygens (including phenoxy) is 3. The molecule has 63 heavy (non-hydrogen) atoms. The summed E-state index contributed by atoms with van der Waals surface area (Å²) in [5.41, 5.74) is -1.79. The lowest BCUT2D eigenvalue weighted by molar-refractivity contribution is -0.140. The van der Waals surface area contributed by atoms with Gasteiger partial charge in [0, 0.05) is 22.3 Å². The Morgan fingerprint density at radius 1 is 0.587 bits per heavy atom. The van der Waals surface area contributed by atoms with Gasteiger partial charge in [0.2, 0.25) is 0 Å². The molecule has 23 heteroatoms. The van der Waals surface area contributed by atoms with E-state index in [4.69, 9.17) is 50.8 Å². The number of carboxylic acid groups (broad SMARTS) is 3. The minimum Gasteiger partial charge on any atom is -0.481 e. The summed E-state index contributed by atoms with van der Waals surface area (Å²) in [5, 5.41) is 38.0. The Morgan fingerprint density at radius 3 is 1.35 bits per heavy atom. The van der Waals surface area contributed by atoms with Gasteiger partial charge in [-0.2, -0.15) is 44.8 Å². The highest BCUT2D eigenvalue weighted by Gasteiger charge is 2.34. The Morgan fingerprint density at radius 2 is 0.984 bits per heavy atom. The van der Waals surface area contributed by atoms with E-state index in [2.05, 4.69) is 0 Å². The number of hydrogen-bond donors (Lipinski definition) is 3. The normalized spacial score (nSPS) is 11.3. The third-order valence-electron chi connectivity index (χ3n) is 7.73. The third kappa shape index (κ3) is 13.9. The van der Waals surface area contributed by atoms with Gasteiger partial charge in [0.25, 0.3) is 0 Å². The lowest BCUT2D eigenvalue weighted by atomic mass is 10.0. The van der Waals surface area contributed by atoms with Gasteiger partial charge in [-0.15, -0.1) is 22.7 Å².